The van der Waals surface area contributed by atoms with Gasteiger partial charge in [-0.2, -0.15) is 0 Å². The molecule has 0 heterocycles. The topological polar surface area (TPSA) is 40.5 Å². The van der Waals surface area contributed by atoms with Crippen molar-refractivity contribution in [1.82, 2.24) is 4.90 Å². The Morgan fingerprint density at radius 3 is 2.31 bits per heavy atom. The molecule has 1 N–H and O–H groups in total. The first kappa shape index (κ1) is 12.7. The van der Waals surface area contributed by atoms with Gasteiger partial charge in [0.05, 0.1) is 12.0 Å². The van der Waals surface area contributed by atoms with E-state index >= 15 is 0 Å². The molecule has 0 aliphatic heterocycles. The van der Waals surface area contributed by atoms with Gasteiger partial charge in [-0.3, -0.25) is 4.79 Å². The monoisotopic (exact) mass is 221 g/mol. The first-order valence-electron chi connectivity index (χ1n) is 5.52. The molecule has 2 atom stereocenters. The zero-order valence-electron chi connectivity index (χ0n) is 10.1. The van der Waals surface area contributed by atoms with Crippen LogP contribution in [-0.2, 0) is 4.79 Å². The van der Waals surface area contributed by atoms with E-state index in [0.29, 0.717) is 6.42 Å². The Bertz CT molecular complexity index is 335. The van der Waals surface area contributed by atoms with E-state index in [1.807, 2.05) is 37.3 Å². The van der Waals surface area contributed by atoms with E-state index in [-0.39, 0.29) is 11.8 Å². The Balaban J connectivity index is 2.86. The van der Waals surface area contributed by atoms with E-state index in [2.05, 4.69) is 0 Å². The summed E-state index contributed by atoms with van der Waals surface area (Å²) in [5.41, 5.74) is 0.796. The minimum atomic E-state index is -0.721. The predicted molar refractivity (Wildman–Crippen MR) is 63.9 cm³/mol. The van der Waals surface area contributed by atoms with Crippen LogP contribution in [-0.4, -0.2) is 30.0 Å². The van der Waals surface area contributed by atoms with Crippen LogP contribution in [0.2, 0.25) is 0 Å². The summed E-state index contributed by atoms with van der Waals surface area (Å²) in [4.78, 5) is 13.4. The molecule has 16 heavy (non-hydrogen) atoms. The number of carbonyl (C=O) groups excluding carboxylic acids is 1. The summed E-state index contributed by atoms with van der Waals surface area (Å²) in [6.45, 7) is 1.91. The predicted octanol–water partition coefficient (Wildman–Crippen LogP) is 1.83. The van der Waals surface area contributed by atoms with Gasteiger partial charge in [-0.25, -0.2) is 0 Å². The molecule has 1 amide bonds. The molecule has 0 spiro atoms. The molecule has 3 heteroatoms. The van der Waals surface area contributed by atoms with E-state index in [1.54, 1.807) is 14.1 Å². The quantitative estimate of drug-likeness (QED) is 0.842. The summed E-state index contributed by atoms with van der Waals surface area (Å²) in [7, 11) is 3.42. The minimum absolute atomic E-state index is 0.0288. The fraction of sp³-hybridized carbons (Fsp3) is 0.462. The Morgan fingerprint density at radius 2 is 1.88 bits per heavy atom. The molecule has 88 valence electrons. The second-order valence-electron chi connectivity index (χ2n) is 4.10. The summed E-state index contributed by atoms with van der Waals surface area (Å²) < 4.78 is 0. The van der Waals surface area contributed by atoms with Crippen LogP contribution < -0.4 is 0 Å². The fourth-order valence-corrected chi connectivity index (χ4v) is 1.75. The Morgan fingerprint density at radius 1 is 1.31 bits per heavy atom. The third kappa shape index (κ3) is 2.83. The number of rotatable bonds is 4. The molecule has 0 aromatic heterocycles. The van der Waals surface area contributed by atoms with Crippen LogP contribution in [0, 0.1) is 5.92 Å². The normalized spacial score (nSPS) is 14.2. The van der Waals surface area contributed by atoms with Gasteiger partial charge >= 0.3 is 0 Å². The molecule has 0 saturated heterocycles. The van der Waals surface area contributed by atoms with Crippen LogP contribution in [0.4, 0.5) is 0 Å². The van der Waals surface area contributed by atoms with Gasteiger partial charge in [0.1, 0.15) is 0 Å². The smallest absolute Gasteiger partial charge is 0.228 e. The average Bonchev–Trinajstić information content (AvgIpc) is 2.30. The van der Waals surface area contributed by atoms with Crippen molar-refractivity contribution in [3.8, 4) is 0 Å². The van der Waals surface area contributed by atoms with Gasteiger partial charge in [-0.1, -0.05) is 37.3 Å². The molecule has 0 fully saturated rings. The number of benzene rings is 1. The van der Waals surface area contributed by atoms with Crippen molar-refractivity contribution in [1.29, 1.82) is 0 Å². The maximum atomic E-state index is 11.9. The van der Waals surface area contributed by atoms with Crippen LogP contribution in [0.5, 0.6) is 0 Å². The third-order valence-corrected chi connectivity index (χ3v) is 2.72. The van der Waals surface area contributed by atoms with E-state index in [9.17, 15) is 9.90 Å². The number of aliphatic hydroxyl groups excluding tert-OH is 1. The zero-order chi connectivity index (χ0) is 12.1. The highest BCUT2D eigenvalue weighted by Crippen LogP contribution is 2.25. The van der Waals surface area contributed by atoms with Crippen molar-refractivity contribution in [2.75, 3.05) is 14.1 Å². The van der Waals surface area contributed by atoms with Gasteiger partial charge in [-0.15, -0.1) is 0 Å². The Kier molecular flexibility index (Phi) is 4.50. The molecule has 3 nitrogen and oxygen atoms in total. The minimum Gasteiger partial charge on any atom is -0.388 e. The van der Waals surface area contributed by atoms with Crippen molar-refractivity contribution in [3.63, 3.8) is 0 Å². The molecule has 0 bridgehead atoms. The van der Waals surface area contributed by atoms with Crippen LogP contribution in [0.3, 0.4) is 0 Å². The molecule has 0 saturated carbocycles. The molecule has 0 unspecified atom stereocenters. The van der Waals surface area contributed by atoms with Crippen molar-refractivity contribution in [3.05, 3.63) is 35.9 Å². The number of amides is 1. The van der Waals surface area contributed by atoms with Crippen molar-refractivity contribution < 1.29 is 9.90 Å². The summed E-state index contributed by atoms with van der Waals surface area (Å²) in [5, 5.41) is 10.2. The van der Waals surface area contributed by atoms with Gasteiger partial charge < -0.3 is 10.0 Å². The molecular formula is C13H19NO2. The van der Waals surface area contributed by atoms with Crippen LogP contribution in [0.25, 0.3) is 0 Å². The standard InChI is InChI=1S/C13H19NO2/c1-4-11(13(16)14(2)3)12(15)10-8-6-5-7-9-10/h5-9,11-12,15H,4H2,1-3H3/t11-,12+/m0/s1. The second-order valence-corrected chi connectivity index (χ2v) is 4.10. The van der Waals surface area contributed by atoms with Crippen LogP contribution in [0.15, 0.2) is 30.3 Å². The van der Waals surface area contributed by atoms with Gasteiger partial charge in [0.25, 0.3) is 0 Å². The number of hydrogen-bond acceptors (Lipinski definition) is 2. The number of nitrogens with zero attached hydrogens (tertiary/aromatic N) is 1. The van der Waals surface area contributed by atoms with Crippen LogP contribution >= 0.6 is 0 Å². The van der Waals surface area contributed by atoms with E-state index < -0.39 is 6.10 Å². The molecular weight excluding hydrogens is 202 g/mol. The third-order valence-electron chi connectivity index (χ3n) is 2.72. The highest BCUT2D eigenvalue weighted by Gasteiger charge is 2.27. The summed E-state index contributed by atoms with van der Waals surface area (Å²) in [5.74, 6) is -0.392. The molecule has 0 aliphatic rings. The van der Waals surface area contributed by atoms with E-state index in [1.165, 1.54) is 4.90 Å². The van der Waals surface area contributed by atoms with Crippen molar-refractivity contribution in [2.24, 2.45) is 5.92 Å². The SMILES string of the molecule is CC[C@H](C(=O)N(C)C)[C@H](O)c1ccccc1. The lowest BCUT2D eigenvalue weighted by Crippen LogP contribution is -2.33. The first-order valence-corrected chi connectivity index (χ1v) is 5.52. The maximum absolute atomic E-state index is 11.9. The van der Waals surface area contributed by atoms with Crippen molar-refractivity contribution >= 4 is 5.91 Å². The molecule has 0 aliphatic carbocycles. The van der Waals surface area contributed by atoms with Gasteiger partial charge in [0, 0.05) is 14.1 Å². The lowest BCUT2D eigenvalue weighted by atomic mass is 9.92. The number of hydrogen-bond donors (Lipinski definition) is 1. The summed E-state index contributed by atoms with van der Waals surface area (Å²) >= 11 is 0. The number of carbonyl (C=O) groups is 1. The zero-order valence-corrected chi connectivity index (χ0v) is 10.1. The van der Waals surface area contributed by atoms with E-state index in [0.717, 1.165) is 5.56 Å². The second kappa shape index (κ2) is 5.66. The van der Waals surface area contributed by atoms with E-state index in [4.69, 9.17) is 0 Å². The number of aliphatic hydroxyl groups is 1. The Labute approximate surface area is 96.7 Å². The lowest BCUT2D eigenvalue weighted by Gasteiger charge is -2.24. The molecule has 0 radical (unpaired) electrons. The molecule has 1 aromatic rings. The highest BCUT2D eigenvalue weighted by molar-refractivity contribution is 5.79. The van der Waals surface area contributed by atoms with Gasteiger partial charge in [0.2, 0.25) is 5.91 Å². The van der Waals surface area contributed by atoms with Crippen molar-refractivity contribution in [2.45, 2.75) is 19.4 Å². The Hall–Kier alpha value is -1.35. The summed E-state index contributed by atoms with van der Waals surface area (Å²) in [6.07, 6.45) is -0.0892. The van der Waals surface area contributed by atoms with Crippen LogP contribution in [0.1, 0.15) is 25.0 Å². The fourth-order valence-electron chi connectivity index (χ4n) is 1.75. The molecule has 1 rings (SSSR count). The average molecular weight is 221 g/mol. The summed E-state index contributed by atoms with van der Waals surface area (Å²) in [6, 6.07) is 9.31. The maximum Gasteiger partial charge on any atom is 0.228 e. The lowest BCUT2D eigenvalue weighted by molar-refractivity contribution is -0.137. The largest absolute Gasteiger partial charge is 0.388 e. The first-order chi connectivity index (χ1) is 7.57. The highest BCUT2D eigenvalue weighted by atomic mass is 16.3. The van der Waals surface area contributed by atoms with Gasteiger partial charge in [-0.05, 0) is 12.0 Å². The molecule has 1 aromatic carbocycles. The van der Waals surface area contributed by atoms with Gasteiger partial charge in [0.15, 0.2) is 0 Å².